The number of carbonyl (C=O) groups is 1. The summed E-state index contributed by atoms with van der Waals surface area (Å²) in [5.41, 5.74) is -0.513. The highest BCUT2D eigenvalue weighted by Crippen LogP contribution is 2.34. The van der Waals surface area contributed by atoms with Crippen LogP contribution in [0.4, 0.5) is 20.2 Å². The van der Waals surface area contributed by atoms with Crippen molar-refractivity contribution >= 4 is 28.9 Å². The number of carboxylic acid groups (broad SMARTS) is 1. The van der Waals surface area contributed by atoms with E-state index in [1.54, 1.807) is 30.3 Å². The van der Waals surface area contributed by atoms with Crippen molar-refractivity contribution in [2.75, 3.05) is 5.01 Å². The summed E-state index contributed by atoms with van der Waals surface area (Å²) in [6, 6.07) is 10.0. The Bertz CT molecular complexity index is 900. The molecule has 0 radical (unpaired) electrons. The van der Waals surface area contributed by atoms with Crippen molar-refractivity contribution in [2.45, 2.75) is 0 Å². The van der Waals surface area contributed by atoms with Crippen LogP contribution in [0.2, 0.25) is 5.28 Å². The second kappa shape index (κ2) is 6.29. The molecule has 1 heterocycles. The van der Waals surface area contributed by atoms with Gasteiger partial charge in [-0.05, 0) is 35.9 Å². The first kappa shape index (κ1) is 15.9. The molecule has 0 bridgehead atoms. The molecule has 0 unspecified atom stereocenters. The third-order valence-corrected chi connectivity index (χ3v) is 3.58. The molecule has 0 amide bonds. The van der Waals surface area contributed by atoms with E-state index in [0.29, 0.717) is 5.69 Å². The van der Waals surface area contributed by atoms with E-state index >= 15 is 0 Å². The molecule has 0 aliphatic heterocycles. The quantitative estimate of drug-likeness (QED) is 0.770. The molecule has 0 fully saturated rings. The average Bonchev–Trinajstić information content (AvgIpc) is 2.98. The molecule has 122 valence electrons. The number of rotatable bonds is 4. The van der Waals surface area contributed by atoms with Crippen LogP contribution in [-0.4, -0.2) is 20.7 Å². The summed E-state index contributed by atoms with van der Waals surface area (Å²) in [7, 11) is 0. The lowest BCUT2D eigenvalue weighted by atomic mass is 10.1. The molecule has 0 saturated heterocycles. The molecule has 0 aliphatic rings. The Morgan fingerprint density at radius 1 is 1.17 bits per heavy atom. The molecule has 8 heteroatoms. The number of hydrogen-bond acceptors (Lipinski definition) is 3. The molecule has 1 N–H and O–H groups in total. The fourth-order valence-electron chi connectivity index (χ4n) is 2.28. The van der Waals surface area contributed by atoms with Crippen LogP contribution in [0.25, 0.3) is 0 Å². The minimum Gasteiger partial charge on any atom is -0.478 e. The number of anilines is 2. The molecule has 0 spiro atoms. The van der Waals surface area contributed by atoms with Crippen molar-refractivity contribution in [1.82, 2.24) is 9.66 Å². The Hall–Kier alpha value is -2.93. The number of aromatic nitrogens is 2. The van der Waals surface area contributed by atoms with Crippen LogP contribution in [0, 0.1) is 11.6 Å². The van der Waals surface area contributed by atoms with Crippen molar-refractivity contribution in [3.05, 3.63) is 77.3 Å². The van der Waals surface area contributed by atoms with Gasteiger partial charge in [-0.2, -0.15) is 0 Å². The van der Waals surface area contributed by atoms with Crippen LogP contribution in [0.5, 0.6) is 0 Å². The fraction of sp³-hybridized carbons (Fsp3) is 0. The van der Waals surface area contributed by atoms with Crippen molar-refractivity contribution in [3.8, 4) is 0 Å². The first-order valence-electron chi connectivity index (χ1n) is 6.76. The monoisotopic (exact) mass is 349 g/mol. The number of imidazole rings is 1. The van der Waals surface area contributed by atoms with Crippen LogP contribution in [0.1, 0.15) is 10.4 Å². The lowest BCUT2D eigenvalue weighted by Gasteiger charge is -2.27. The summed E-state index contributed by atoms with van der Waals surface area (Å²) in [5.74, 6) is -3.88. The number of hydrogen-bond donors (Lipinski definition) is 1. The normalized spacial score (nSPS) is 10.6. The topological polar surface area (TPSA) is 58.4 Å². The predicted molar refractivity (Wildman–Crippen MR) is 84.5 cm³/mol. The van der Waals surface area contributed by atoms with Gasteiger partial charge >= 0.3 is 5.97 Å². The van der Waals surface area contributed by atoms with Gasteiger partial charge in [-0.1, -0.05) is 18.2 Å². The highest BCUT2D eigenvalue weighted by Gasteiger charge is 2.26. The molecule has 2 aromatic carbocycles. The van der Waals surface area contributed by atoms with Gasteiger partial charge < -0.3 is 5.11 Å². The Kier molecular flexibility index (Phi) is 4.18. The SMILES string of the molecule is O=C(O)c1ccc(F)c(F)c1N(c1ccccc1)n1ccnc1Cl. The maximum absolute atomic E-state index is 14.5. The first-order valence-corrected chi connectivity index (χ1v) is 7.14. The maximum atomic E-state index is 14.5. The van der Waals surface area contributed by atoms with Crippen molar-refractivity contribution in [1.29, 1.82) is 0 Å². The van der Waals surface area contributed by atoms with Gasteiger partial charge in [-0.25, -0.2) is 28.2 Å². The second-order valence-electron chi connectivity index (χ2n) is 4.75. The van der Waals surface area contributed by atoms with Gasteiger partial charge in [0.15, 0.2) is 11.6 Å². The van der Waals surface area contributed by atoms with Crippen LogP contribution in [0.3, 0.4) is 0 Å². The van der Waals surface area contributed by atoms with Gasteiger partial charge in [0.05, 0.1) is 11.3 Å². The van der Waals surface area contributed by atoms with Gasteiger partial charge in [0.25, 0.3) is 0 Å². The molecule has 0 saturated carbocycles. The maximum Gasteiger partial charge on any atom is 0.338 e. The van der Waals surface area contributed by atoms with E-state index in [1.165, 1.54) is 17.1 Å². The molecular weight excluding hydrogens is 340 g/mol. The number of benzene rings is 2. The average molecular weight is 350 g/mol. The summed E-state index contributed by atoms with van der Waals surface area (Å²) in [4.78, 5) is 15.3. The molecule has 24 heavy (non-hydrogen) atoms. The van der Waals surface area contributed by atoms with Crippen molar-refractivity contribution in [2.24, 2.45) is 0 Å². The minimum absolute atomic E-state index is 0.0427. The molecule has 0 aliphatic carbocycles. The van der Waals surface area contributed by atoms with Crippen molar-refractivity contribution in [3.63, 3.8) is 0 Å². The largest absolute Gasteiger partial charge is 0.478 e. The minimum atomic E-state index is -1.40. The summed E-state index contributed by atoms with van der Waals surface area (Å²) in [6.45, 7) is 0. The van der Waals surface area contributed by atoms with E-state index in [1.807, 2.05) is 0 Å². The van der Waals surface area contributed by atoms with E-state index in [4.69, 9.17) is 11.6 Å². The second-order valence-corrected chi connectivity index (χ2v) is 5.09. The van der Waals surface area contributed by atoms with Crippen LogP contribution in [-0.2, 0) is 0 Å². The van der Waals surface area contributed by atoms with Crippen molar-refractivity contribution < 1.29 is 18.7 Å². The standard InChI is InChI=1S/C16H10ClF2N3O2/c17-16-20-8-9-21(16)22(10-4-2-1-3-5-10)14-11(15(23)24)6-7-12(18)13(14)19/h1-9H,(H,23,24). The smallest absolute Gasteiger partial charge is 0.338 e. The van der Waals surface area contributed by atoms with Gasteiger partial charge in [0, 0.05) is 12.4 Å². The van der Waals surface area contributed by atoms with E-state index in [2.05, 4.69) is 4.98 Å². The third-order valence-electron chi connectivity index (χ3n) is 3.31. The summed E-state index contributed by atoms with van der Waals surface area (Å²) in [5, 5.41) is 10.5. The van der Waals surface area contributed by atoms with Crippen LogP contribution < -0.4 is 5.01 Å². The molecule has 5 nitrogen and oxygen atoms in total. The number of halogens is 3. The summed E-state index contributed by atoms with van der Waals surface area (Å²) >= 11 is 6.00. The van der Waals surface area contributed by atoms with E-state index in [-0.39, 0.29) is 5.28 Å². The Labute approximate surface area is 140 Å². The zero-order chi connectivity index (χ0) is 17.3. The lowest BCUT2D eigenvalue weighted by Crippen LogP contribution is -2.27. The summed E-state index contributed by atoms with van der Waals surface area (Å²) < 4.78 is 29.5. The molecule has 3 aromatic rings. The van der Waals surface area contributed by atoms with E-state index < -0.39 is 28.9 Å². The Morgan fingerprint density at radius 2 is 1.88 bits per heavy atom. The Balaban J connectivity index is 2.34. The highest BCUT2D eigenvalue weighted by atomic mass is 35.5. The van der Waals surface area contributed by atoms with E-state index in [9.17, 15) is 18.7 Å². The van der Waals surface area contributed by atoms with Gasteiger partial charge in [0.1, 0.15) is 5.69 Å². The molecule has 1 aromatic heterocycles. The van der Waals surface area contributed by atoms with Gasteiger partial charge in [-0.3, -0.25) is 0 Å². The predicted octanol–water partition coefficient (Wildman–Crippen LogP) is 4.11. The number of nitrogens with zero attached hydrogens (tertiary/aromatic N) is 3. The fourth-order valence-corrected chi connectivity index (χ4v) is 2.47. The number of carboxylic acids is 1. The van der Waals surface area contributed by atoms with Gasteiger partial charge in [-0.15, -0.1) is 0 Å². The number of para-hydroxylation sites is 1. The highest BCUT2D eigenvalue weighted by molar-refractivity contribution is 6.28. The molecule has 0 atom stereocenters. The molecular formula is C16H10ClF2N3O2. The molecule has 3 rings (SSSR count). The third kappa shape index (κ3) is 2.69. The summed E-state index contributed by atoms with van der Waals surface area (Å²) in [6.07, 6.45) is 2.77. The van der Waals surface area contributed by atoms with Gasteiger partial charge in [0.2, 0.25) is 5.28 Å². The zero-order valence-electron chi connectivity index (χ0n) is 12.0. The van der Waals surface area contributed by atoms with E-state index in [0.717, 1.165) is 17.1 Å². The lowest BCUT2D eigenvalue weighted by molar-refractivity contribution is 0.0697. The first-order chi connectivity index (χ1) is 11.5. The van der Waals surface area contributed by atoms with Crippen LogP contribution in [0.15, 0.2) is 54.9 Å². The number of aromatic carboxylic acids is 1. The van der Waals surface area contributed by atoms with Crippen LogP contribution >= 0.6 is 11.6 Å². The Morgan fingerprint density at radius 3 is 2.46 bits per heavy atom. The zero-order valence-corrected chi connectivity index (χ0v) is 12.8.